The summed E-state index contributed by atoms with van der Waals surface area (Å²) in [5, 5.41) is 7.54. The maximum atomic E-state index is 12.9. The maximum absolute atomic E-state index is 12.9. The van der Waals surface area contributed by atoms with Crippen molar-refractivity contribution >= 4 is 34.8 Å². The molecule has 3 rings (SSSR count). The Morgan fingerprint density at radius 3 is 2.77 bits per heavy atom. The highest BCUT2D eigenvalue weighted by atomic mass is 35.5. The molecule has 0 N–H and O–H groups in total. The third kappa shape index (κ3) is 2.94. The van der Waals surface area contributed by atoms with Crippen molar-refractivity contribution in [1.29, 1.82) is 0 Å². The molecule has 22 heavy (non-hydrogen) atoms. The number of rotatable bonds is 2. The fraction of sp³-hybridized carbons (Fsp3) is 0.462. The van der Waals surface area contributed by atoms with E-state index in [4.69, 9.17) is 11.6 Å². The molecule has 1 atom stereocenters. The van der Waals surface area contributed by atoms with E-state index >= 15 is 0 Å². The van der Waals surface area contributed by atoms with Gasteiger partial charge in [0.15, 0.2) is 10.8 Å². The summed E-state index contributed by atoms with van der Waals surface area (Å²) in [7, 11) is 0. The Labute approximate surface area is 133 Å². The van der Waals surface area contributed by atoms with Crippen molar-refractivity contribution in [3.63, 3.8) is 0 Å². The van der Waals surface area contributed by atoms with Crippen molar-refractivity contribution in [3.05, 3.63) is 22.8 Å². The maximum Gasteiger partial charge on any atom is 0.417 e. The van der Waals surface area contributed by atoms with E-state index in [1.165, 1.54) is 4.40 Å². The second-order valence-corrected chi connectivity index (χ2v) is 6.65. The molecule has 1 aliphatic rings. The minimum Gasteiger partial charge on any atom is -0.298 e. The van der Waals surface area contributed by atoms with E-state index in [0.717, 1.165) is 36.9 Å². The normalized spacial score (nSPS) is 19.8. The van der Waals surface area contributed by atoms with E-state index in [9.17, 15) is 18.0 Å². The number of nitrogens with zero attached hydrogens (tertiary/aromatic N) is 3. The molecule has 0 spiro atoms. The van der Waals surface area contributed by atoms with Crippen LogP contribution in [-0.4, -0.2) is 25.6 Å². The summed E-state index contributed by atoms with van der Waals surface area (Å²) in [6.45, 7) is 0. The van der Waals surface area contributed by atoms with Crippen LogP contribution in [0.25, 0.3) is 5.65 Å². The van der Waals surface area contributed by atoms with Crippen LogP contribution in [0.15, 0.2) is 17.4 Å². The number of carbonyl (C=O) groups is 1. The molecule has 0 aliphatic heterocycles. The number of halogens is 4. The third-order valence-corrected chi connectivity index (χ3v) is 5.05. The molecule has 1 saturated carbocycles. The highest BCUT2D eigenvalue weighted by molar-refractivity contribution is 8.00. The lowest BCUT2D eigenvalue weighted by molar-refractivity contribution is -0.137. The predicted molar refractivity (Wildman–Crippen MR) is 76.1 cm³/mol. The topological polar surface area (TPSA) is 47.3 Å². The van der Waals surface area contributed by atoms with E-state index in [-0.39, 0.29) is 26.9 Å². The fourth-order valence-electron chi connectivity index (χ4n) is 2.37. The molecule has 0 aromatic carbocycles. The Morgan fingerprint density at radius 2 is 2.09 bits per heavy atom. The highest BCUT2D eigenvalue weighted by Crippen LogP contribution is 2.35. The van der Waals surface area contributed by atoms with Crippen LogP contribution < -0.4 is 0 Å². The number of ketones is 1. The van der Waals surface area contributed by atoms with Gasteiger partial charge in [0, 0.05) is 12.6 Å². The minimum atomic E-state index is -4.51. The van der Waals surface area contributed by atoms with Crippen LogP contribution >= 0.6 is 23.4 Å². The lowest BCUT2D eigenvalue weighted by Gasteiger charge is -2.18. The van der Waals surface area contributed by atoms with Gasteiger partial charge in [-0.05, 0) is 18.9 Å². The second-order valence-electron chi connectivity index (χ2n) is 5.07. The average Bonchev–Trinajstić information content (AvgIpc) is 2.84. The molecule has 0 saturated heterocycles. The first kappa shape index (κ1) is 15.6. The molecule has 0 bridgehead atoms. The van der Waals surface area contributed by atoms with Crippen LogP contribution in [0.1, 0.15) is 31.2 Å². The molecule has 1 fully saturated rings. The molecule has 2 aromatic heterocycles. The Bertz CT molecular complexity index is 731. The van der Waals surface area contributed by atoms with Crippen LogP contribution in [0.2, 0.25) is 5.02 Å². The van der Waals surface area contributed by atoms with E-state index < -0.39 is 11.7 Å². The van der Waals surface area contributed by atoms with E-state index in [0.29, 0.717) is 12.8 Å². The van der Waals surface area contributed by atoms with Crippen molar-refractivity contribution in [2.75, 3.05) is 0 Å². The molecule has 1 aliphatic carbocycles. The number of carbonyl (C=O) groups excluding carboxylic acids is 1. The number of thioether (sulfide) groups is 1. The number of aromatic nitrogens is 3. The van der Waals surface area contributed by atoms with Crippen molar-refractivity contribution in [3.8, 4) is 0 Å². The number of hydrogen-bond donors (Lipinski definition) is 0. The van der Waals surface area contributed by atoms with Crippen molar-refractivity contribution in [2.24, 2.45) is 0 Å². The third-order valence-electron chi connectivity index (χ3n) is 3.50. The Balaban J connectivity index is 1.99. The number of Topliss-reactive ketones (excluding diaryl/α,β-unsaturated/α-hetero) is 1. The molecule has 9 heteroatoms. The average molecular weight is 350 g/mol. The van der Waals surface area contributed by atoms with Gasteiger partial charge in [0.2, 0.25) is 0 Å². The summed E-state index contributed by atoms with van der Waals surface area (Å²) in [6, 6.07) is 0.825. The van der Waals surface area contributed by atoms with Gasteiger partial charge in [-0.2, -0.15) is 13.2 Å². The summed E-state index contributed by atoms with van der Waals surface area (Å²) >= 11 is 7.00. The first-order valence-corrected chi connectivity index (χ1v) is 7.93. The Hall–Kier alpha value is -1.28. The van der Waals surface area contributed by atoms with Crippen molar-refractivity contribution in [2.45, 2.75) is 42.3 Å². The van der Waals surface area contributed by atoms with Gasteiger partial charge in [-0.15, -0.1) is 10.2 Å². The standard InChI is InChI=1S/C13H11ClF3N3OS/c14-8-5-7(13(15,16)17)6-20-11(8)18-19-12(20)22-10-4-2-1-3-9(10)21/h5-6,10H,1-4H2/t10-/m0/s1. The van der Waals surface area contributed by atoms with Gasteiger partial charge in [-0.1, -0.05) is 29.8 Å². The van der Waals surface area contributed by atoms with Gasteiger partial charge in [0.1, 0.15) is 5.78 Å². The van der Waals surface area contributed by atoms with Crippen LogP contribution in [-0.2, 0) is 11.0 Å². The number of alkyl halides is 3. The van der Waals surface area contributed by atoms with Crippen LogP contribution in [0.5, 0.6) is 0 Å². The molecule has 4 nitrogen and oxygen atoms in total. The van der Waals surface area contributed by atoms with Gasteiger partial charge < -0.3 is 0 Å². The highest BCUT2D eigenvalue weighted by Gasteiger charge is 2.33. The molecule has 0 amide bonds. The fourth-order valence-corrected chi connectivity index (χ4v) is 3.75. The SMILES string of the molecule is O=C1CCCC[C@@H]1Sc1nnc2c(Cl)cc(C(F)(F)F)cn12. The van der Waals surface area contributed by atoms with Crippen LogP contribution in [0, 0.1) is 0 Å². The van der Waals surface area contributed by atoms with Gasteiger partial charge in [-0.3, -0.25) is 9.20 Å². The van der Waals surface area contributed by atoms with Crippen LogP contribution in [0.3, 0.4) is 0 Å². The summed E-state index contributed by atoms with van der Waals surface area (Å²) < 4.78 is 39.8. The zero-order valence-corrected chi connectivity index (χ0v) is 12.8. The number of pyridine rings is 1. The van der Waals surface area contributed by atoms with Crippen LogP contribution in [0.4, 0.5) is 13.2 Å². The minimum absolute atomic E-state index is 0.103. The van der Waals surface area contributed by atoms with Gasteiger partial charge in [-0.25, -0.2) is 0 Å². The summed E-state index contributed by atoms with van der Waals surface area (Å²) in [5.74, 6) is 0.103. The smallest absolute Gasteiger partial charge is 0.298 e. The first-order chi connectivity index (χ1) is 10.4. The zero-order chi connectivity index (χ0) is 15.9. The largest absolute Gasteiger partial charge is 0.417 e. The Morgan fingerprint density at radius 1 is 1.32 bits per heavy atom. The monoisotopic (exact) mass is 349 g/mol. The van der Waals surface area contributed by atoms with Crippen molar-refractivity contribution in [1.82, 2.24) is 14.6 Å². The van der Waals surface area contributed by atoms with Crippen molar-refractivity contribution < 1.29 is 18.0 Å². The number of hydrogen-bond acceptors (Lipinski definition) is 4. The quantitative estimate of drug-likeness (QED) is 0.822. The summed E-state index contributed by atoms with van der Waals surface area (Å²) in [4.78, 5) is 11.9. The van der Waals surface area contributed by atoms with E-state index in [1.807, 2.05) is 0 Å². The molecule has 2 aromatic rings. The molecule has 118 valence electrons. The molecule has 2 heterocycles. The van der Waals surface area contributed by atoms with E-state index in [2.05, 4.69) is 10.2 Å². The second kappa shape index (κ2) is 5.73. The first-order valence-electron chi connectivity index (χ1n) is 6.67. The summed E-state index contributed by atoms with van der Waals surface area (Å²) in [6.07, 6.45) is -0.606. The van der Waals surface area contributed by atoms with Gasteiger partial charge in [0.25, 0.3) is 0 Å². The molecular formula is C13H11ClF3N3OS. The lowest BCUT2D eigenvalue weighted by Crippen LogP contribution is -2.21. The molecule has 0 radical (unpaired) electrons. The molecule has 0 unspecified atom stereocenters. The van der Waals surface area contributed by atoms with E-state index in [1.54, 1.807) is 0 Å². The predicted octanol–water partition coefficient (Wildman–Crippen LogP) is 4.01. The molecular weight excluding hydrogens is 339 g/mol. The van der Waals surface area contributed by atoms with Gasteiger partial charge in [0.05, 0.1) is 15.8 Å². The zero-order valence-electron chi connectivity index (χ0n) is 11.2. The Kier molecular flexibility index (Phi) is 4.07. The van der Waals surface area contributed by atoms with Gasteiger partial charge >= 0.3 is 6.18 Å². The number of fused-ring (bicyclic) bond motifs is 1. The summed E-state index contributed by atoms with van der Waals surface area (Å²) in [5.41, 5.74) is -0.720. The lowest BCUT2D eigenvalue weighted by atomic mass is 9.99.